The van der Waals surface area contributed by atoms with Gasteiger partial charge in [0.15, 0.2) is 0 Å². The van der Waals surface area contributed by atoms with E-state index >= 15 is 0 Å². The summed E-state index contributed by atoms with van der Waals surface area (Å²) < 4.78 is 23.4. The average molecular weight is 331 g/mol. The molecular weight excluding hydrogens is 312 g/mol. The monoisotopic (exact) mass is 330 g/mol. The van der Waals surface area contributed by atoms with Gasteiger partial charge in [-0.1, -0.05) is 15.9 Å². The number of hydrogen-bond donors (Lipinski definition) is 0. The van der Waals surface area contributed by atoms with Crippen molar-refractivity contribution >= 4 is 15.9 Å². The van der Waals surface area contributed by atoms with Crippen LogP contribution in [0.4, 0.5) is 0 Å². The first-order valence-electron chi connectivity index (χ1n) is 6.24. The second-order valence-corrected chi connectivity index (χ2v) is 5.82. The number of methoxy groups -OCH3 is 1. The van der Waals surface area contributed by atoms with E-state index in [4.69, 9.17) is 18.9 Å². The fourth-order valence-electron chi connectivity index (χ4n) is 2.06. The molecule has 0 aliphatic carbocycles. The summed E-state index contributed by atoms with van der Waals surface area (Å²) in [6, 6.07) is 7.73. The van der Waals surface area contributed by atoms with Gasteiger partial charge < -0.3 is 18.9 Å². The van der Waals surface area contributed by atoms with Crippen LogP contribution in [0, 0.1) is 0 Å². The third-order valence-corrected chi connectivity index (χ3v) is 3.39. The molecule has 0 saturated carbocycles. The first-order chi connectivity index (χ1) is 9.11. The standard InChI is InChI=1S/C14H19BrO4/c1-14(9-16-2)10-17-7-13(19-14)8-18-12-5-3-11(15)4-6-12/h3-6,13H,7-10H2,1-2H3/t13-,14-/m1/s1. The van der Waals surface area contributed by atoms with Crippen molar-refractivity contribution in [2.24, 2.45) is 0 Å². The van der Waals surface area contributed by atoms with E-state index in [0.717, 1.165) is 10.2 Å². The Kier molecular flexibility index (Phi) is 5.21. The van der Waals surface area contributed by atoms with Crippen molar-refractivity contribution in [3.8, 4) is 5.75 Å². The van der Waals surface area contributed by atoms with Crippen molar-refractivity contribution in [2.75, 3.05) is 33.5 Å². The predicted octanol–water partition coefficient (Wildman–Crippen LogP) is 2.65. The number of benzene rings is 1. The highest BCUT2D eigenvalue weighted by molar-refractivity contribution is 9.10. The van der Waals surface area contributed by atoms with E-state index in [-0.39, 0.29) is 11.7 Å². The Morgan fingerprint density at radius 2 is 2.11 bits per heavy atom. The normalized spacial score (nSPS) is 27.2. The molecule has 1 aromatic carbocycles. The number of halogens is 1. The van der Waals surface area contributed by atoms with Crippen molar-refractivity contribution in [1.82, 2.24) is 0 Å². The van der Waals surface area contributed by atoms with E-state index in [0.29, 0.717) is 26.4 Å². The molecule has 106 valence electrons. The molecule has 0 aromatic heterocycles. The molecule has 4 nitrogen and oxygen atoms in total. The van der Waals surface area contributed by atoms with Crippen LogP contribution in [-0.4, -0.2) is 45.2 Å². The lowest BCUT2D eigenvalue weighted by atomic mass is 10.1. The Bertz CT molecular complexity index is 391. The van der Waals surface area contributed by atoms with Crippen molar-refractivity contribution in [3.05, 3.63) is 28.7 Å². The maximum atomic E-state index is 5.98. The summed E-state index contributed by atoms with van der Waals surface area (Å²) in [4.78, 5) is 0. The lowest BCUT2D eigenvalue weighted by molar-refractivity contribution is -0.213. The molecule has 1 saturated heterocycles. The molecule has 0 bridgehead atoms. The molecule has 2 rings (SSSR count). The summed E-state index contributed by atoms with van der Waals surface area (Å²) in [5, 5.41) is 0. The van der Waals surface area contributed by atoms with Crippen molar-refractivity contribution in [2.45, 2.75) is 18.6 Å². The molecule has 1 aromatic rings. The molecule has 1 aliphatic rings. The molecule has 0 radical (unpaired) electrons. The molecular formula is C14H19BrO4. The van der Waals surface area contributed by atoms with Crippen LogP contribution < -0.4 is 4.74 Å². The van der Waals surface area contributed by atoms with E-state index in [1.807, 2.05) is 31.2 Å². The molecule has 0 amide bonds. The minimum absolute atomic E-state index is 0.0717. The Labute approximate surface area is 122 Å². The highest BCUT2D eigenvalue weighted by atomic mass is 79.9. The minimum Gasteiger partial charge on any atom is -0.491 e. The zero-order valence-corrected chi connectivity index (χ0v) is 12.8. The van der Waals surface area contributed by atoms with Crippen LogP contribution in [0.2, 0.25) is 0 Å². The minimum atomic E-state index is -0.388. The van der Waals surface area contributed by atoms with E-state index in [1.54, 1.807) is 7.11 Å². The molecule has 0 N–H and O–H groups in total. The fourth-order valence-corrected chi connectivity index (χ4v) is 2.32. The molecule has 1 aliphatic heterocycles. The lowest BCUT2D eigenvalue weighted by Crippen LogP contribution is -2.50. The number of hydrogen-bond acceptors (Lipinski definition) is 4. The van der Waals surface area contributed by atoms with Crippen molar-refractivity contribution in [1.29, 1.82) is 0 Å². The van der Waals surface area contributed by atoms with Crippen LogP contribution in [-0.2, 0) is 14.2 Å². The van der Waals surface area contributed by atoms with Gasteiger partial charge >= 0.3 is 0 Å². The van der Waals surface area contributed by atoms with Crippen LogP contribution in [0.25, 0.3) is 0 Å². The molecule has 1 fully saturated rings. The van der Waals surface area contributed by atoms with Gasteiger partial charge in [-0.25, -0.2) is 0 Å². The fraction of sp³-hybridized carbons (Fsp3) is 0.571. The summed E-state index contributed by atoms with van der Waals surface area (Å²) in [5.41, 5.74) is -0.388. The van der Waals surface area contributed by atoms with Gasteiger partial charge in [-0.15, -0.1) is 0 Å². The van der Waals surface area contributed by atoms with E-state index < -0.39 is 0 Å². The molecule has 5 heteroatoms. The smallest absolute Gasteiger partial charge is 0.119 e. The van der Waals surface area contributed by atoms with Gasteiger partial charge in [0.2, 0.25) is 0 Å². The SMILES string of the molecule is COC[C@]1(C)COC[C@H](COc2ccc(Br)cc2)O1. The van der Waals surface area contributed by atoms with Gasteiger partial charge in [-0.3, -0.25) is 0 Å². The third kappa shape index (κ3) is 4.45. The van der Waals surface area contributed by atoms with Gasteiger partial charge in [-0.2, -0.15) is 0 Å². The van der Waals surface area contributed by atoms with Crippen LogP contribution >= 0.6 is 15.9 Å². The van der Waals surface area contributed by atoms with Gasteiger partial charge in [0, 0.05) is 11.6 Å². The van der Waals surface area contributed by atoms with Crippen LogP contribution in [0.15, 0.2) is 28.7 Å². The third-order valence-electron chi connectivity index (χ3n) is 2.86. The summed E-state index contributed by atoms with van der Waals surface area (Å²) in [5.74, 6) is 0.825. The summed E-state index contributed by atoms with van der Waals surface area (Å²) in [6.45, 7) is 4.08. The van der Waals surface area contributed by atoms with Crippen LogP contribution in [0.3, 0.4) is 0 Å². The van der Waals surface area contributed by atoms with E-state index in [2.05, 4.69) is 15.9 Å². The predicted molar refractivity (Wildman–Crippen MR) is 75.6 cm³/mol. The summed E-state index contributed by atoms with van der Waals surface area (Å²) in [7, 11) is 1.66. The number of ether oxygens (including phenoxy) is 4. The molecule has 0 spiro atoms. The lowest BCUT2D eigenvalue weighted by Gasteiger charge is -2.37. The van der Waals surface area contributed by atoms with Crippen molar-refractivity contribution < 1.29 is 18.9 Å². The quantitative estimate of drug-likeness (QED) is 0.831. The second kappa shape index (κ2) is 6.70. The van der Waals surface area contributed by atoms with Crippen LogP contribution in [0.1, 0.15) is 6.92 Å². The molecule has 1 heterocycles. The highest BCUT2D eigenvalue weighted by Crippen LogP contribution is 2.21. The summed E-state index contributed by atoms with van der Waals surface area (Å²) in [6.07, 6.45) is -0.0717. The van der Waals surface area contributed by atoms with Gasteiger partial charge in [0.1, 0.15) is 24.1 Å². The number of rotatable bonds is 5. The Morgan fingerprint density at radius 1 is 1.37 bits per heavy atom. The highest BCUT2D eigenvalue weighted by Gasteiger charge is 2.34. The zero-order chi connectivity index (χ0) is 13.7. The largest absolute Gasteiger partial charge is 0.491 e. The zero-order valence-electron chi connectivity index (χ0n) is 11.2. The van der Waals surface area contributed by atoms with Crippen LogP contribution in [0.5, 0.6) is 5.75 Å². The Hall–Kier alpha value is -0.620. The van der Waals surface area contributed by atoms with Gasteiger partial charge in [-0.05, 0) is 31.2 Å². The topological polar surface area (TPSA) is 36.9 Å². The average Bonchev–Trinajstić information content (AvgIpc) is 2.38. The van der Waals surface area contributed by atoms with Gasteiger partial charge in [0.05, 0.1) is 19.8 Å². The maximum absolute atomic E-state index is 5.98. The Morgan fingerprint density at radius 3 is 2.79 bits per heavy atom. The van der Waals surface area contributed by atoms with Crippen molar-refractivity contribution in [3.63, 3.8) is 0 Å². The summed E-state index contributed by atoms with van der Waals surface area (Å²) >= 11 is 3.39. The molecule has 2 atom stereocenters. The first kappa shape index (κ1) is 14.8. The van der Waals surface area contributed by atoms with Gasteiger partial charge in [0.25, 0.3) is 0 Å². The van der Waals surface area contributed by atoms with E-state index in [1.165, 1.54) is 0 Å². The first-order valence-corrected chi connectivity index (χ1v) is 7.03. The maximum Gasteiger partial charge on any atom is 0.119 e. The second-order valence-electron chi connectivity index (χ2n) is 4.90. The molecule has 0 unspecified atom stereocenters. The Balaban J connectivity index is 1.84. The van der Waals surface area contributed by atoms with E-state index in [9.17, 15) is 0 Å². The molecule has 19 heavy (non-hydrogen) atoms.